The van der Waals surface area contributed by atoms with Gasteiger partial charge in [0.05, 0.1) is 12.0 Å². The molecule has 0 fully saturated rings. The molecule has 0 aliphatic rings. The Balaban J connectivity index is 3.20. The van der Waals surface area contributed by atoms with E-state index in [0.29, 0.717) is 12.1 Å². The molecule has 0 N–H and O–H groups in total. The van der Waals surface area contributed by atoms with Crippen molar-refractivity contribution in [1.29, 1.82) is 0 Å². The number of halogens is 6. The summed E-state index contributed by atoms with van der Waals surface area (Å²) in [7, 11) is 0. The van der Waals surface area contributed by atoms with Gasteiger partial charge in [-0.2, -0.15) is 26.3 Å². The first kappa shape index (κ1) is 15.9. The lowest BCUT2D eigenvalue weighted by molar-refractivity contribution is -0.137. The minimum absolute atomic E-state index is 0.234. The summed E-state index contributed by atoms with van der Waals surface area (Å²) in [6.07, 6.45) is -10.0. The minimum Gasteiger partial charge on any atom is -0.171 e. The van der Waals surface area contributed by atoms with Gasteiger partial charge in [0.25, 0.3) is 0 Å². The standard InChI is InChI=1S/C11H7F6N3/c12-10(13,14)5-4-9(19-20-18)7-2-1-3-8(6-7)11(15,16)17/h1-4,6H,5H2. The van der Waals surface area contributed by atoms with E-state index in [9.17, 15) is 26.3 Å². The van der Waals surface area contributed by atoms with Gasteiger partial charge in [0.15, 0.2) is 0 Å². The van der Waals surface area contributed by atoms with E-state index < -0.39 is 30.0 Å². The van der Waals surface area contributed by atoms with Crippen molar-refractivity contribution in [1.82, 2.24) is 0 Å². The molecule has 0 atom stereocenters. The number of allylic oxidation sites excluding steroid dienone is 1. The van der Waals surface area contributed by atoms with Crippen molar-refractivity contribution in [3.05, 3.63) is 51.9 Å². The zero-order valence-corrected chi connectivity index (χ0v) is 9.70. The molecule has 0 aliphatic heterocycles. The first-order chi connectivity index (χ1) is 9.13. The second-order valence-corrected chi connectivity index (χ2v) is 3.68. The molecule has 1 aromatic carbocycles. The summed E-state index contributed by atoms with van der Waals surface area (Å²) < 4.78 is 73.7. The summed E-state index contributed by atoms with van der Waals surface area (Å²) in [4.78, 5) is 2.31. The predicted octanol–water partition coefficient (Wildman–Crippen LogP) is 5.31. The van der Waals surface area contributed by atoms with Crippen molar-refractivity contribution < 1.29 is 26.3 Å². The van der Waals surface area contributed by atoms with Crippen LogP contribution in [0.2, 0.25) is 0 Å². The largest absolute Gasteiger partial charge is 0.416 e. The molecule has 0 heterocycles. The molecule has 0 spiro atoms. The average molecular weight is 295 g/mol. The molecule has 108 valence electrons. The summed E-state index contributed by atoms with van der Waals surface area (Å²) >= 11 is 0. The van der Waals surface area contributed by atoms with Gasteiger partial charge >= 0.3 is 12.4 Å². The Labute approximate surface area is 109 Å². The fourth-order valence-electron chi connectivity index (χ4n) is 1.33. The second kappa shape index (κ2) is 5.87. The van der Waals surface area contributed by atoms with Gasteiger partial charge in [-0.25, -0.2) is 0 Å². The molecule has 0 radical (unpaired) electrons. The van der Waals surface area contributed by atoms with Crippen molar-refractivity contribution in [2.75, 3.05) is 0 Å². The average Bonchev–Trinajstić information content (AvgIpc) is 2.32. The van der Waals surface area contributed by atoms with Gasteiger partial charge < -0.3 is 0 Å². The van der Waals surface area contributed by atoms with Crippen LogP contribution in [-0.2, 0) is 6.18 Å². The van der Waals surface area contributed by atoms with Crippen LogP contribution >= 0.6 is 0 Å². The maximum atomic E-state index is 12.5. The van der Waals surface area contributed by atoms with E-state index in [1.165, 1.54) is 0 Å². The van der Waals surface area contributed by atoms with Crippen molar-refractivity contribution in [2.45, 2.75) is 18.8 Å². The lowest BCUT2D eigenvalue weighted by Crippen LogP contribution is -2.06. The fraction of sp³-hybridized carbons (Fsp3) is 0.273. The van der Waals surface area contributed by atoms with Crippen LogP contribution in [0.3, 0.4) is 0 Å². The van der Waals surface area contributed by atoms with Crippen LogP contribution < -0.4 is 0 Å². The van der Waals surface area contributed by atoms with Crippen molar-refractivity contribution in [3.8, 4) is 0 Å². The van der Waals surface area contributed by atoms with E-state index in [1.807, 2.05) is 0 Å². The van der Waals surface area contributed by atoms with Gasteiger partial charge in [0.1, 0.15) is 0 Å². The molecular formula is C11H7F6N3. The van der Waals surface area contributed by atoms with Crippen LogP contribution in [-0.4, -0.2) is 6.18 Å². The lowest BCUT2D eigenvalue weighted by Gasteiger charge is -2.09. The molecule has 1 aromatic rings. The topological polar surface area (TPSA) is 48.8 Å². The van der Waals surface area contributed by atoms with Crippen molar-refractivity contribution in [2.24, 2.45) is 5.11 Å². The molecule has 0 saturated carbocycles. The van der Waals surface area contributed by atoms with E-state index in [-0.39, 0.29) is 5.56 Å². The Hall–Kier alpha value is -2.15. The van der Waals surface area contributed by atoms with E-state index >= 15 is 0 Å². The molecule has 0 amide bonds. The molecule has 20 heavy (non-hydrogen) atoms. The van der Waals surface area contributed by atoms with Crippen LogP contribution in [0, 0.1) is 0 Å². The fourth-order valence-corrected chi connectivity index (χ4v) is 1.33. The Kier molecular flexibility index (Phi) is 4.67. The smallest absolute Gasteiger partial charge is 0.171 e. The van der Waals surface area contributed by atoms with Crippen LogP contribution in [0.4, 0.5) is 26.3 Å². The third-order valence-corrected chi connectivity index (χ3v) is 2.16. The molecular weight excluding hydrogens is 288 g/mol. The number of hydrogen-bond acceptors (Lipinski definition) is 1. The van der Waals surface area contributed by atoms with Crippen LogP contribution in [0.15, 0.2) is 35.5 Å². The van der Waals surface area contributed by atoms with E-state index in [0.717, 1.165) is 18.2 Å². The summed E-state index contributed by atoms with van der Waals surface area (Å²) in [6, 6.07) is 3.54. The number of rotatable bonds is 3. The van der Waals surface area contributed by atoms with E-state index in [2.05, 4.69) is 10.0 Å². The quantitative estimate of drug-likeness (QED) is 0.314. The van der Waals surface area contributed by atoms with Gasteiger partial charge in [-0.3, -0.25) is 0 Å². The van der Waals surface area contributed by atoms with Crippen LogP contribution in [0.25, 0.3) is 16.1 Å². The maximum absolute atomic E-state index is 12.5. The number of azide groups is 1. The first-order valence-corrected chi connectivity index (χ1v) is 5.13. The summed E-state index contributed by atoms with van der Waals surface area (Å²) in [5.74, 6) is 0. The zero-order valence-electron chi connectivity index (χ0n) is 9.70. The third kappa shape index (κ3) is 4.85. The molecule has 1 rings (SSSR count). The molecule has 0 bridgehead atoms. The van der Waals surface area contributed by atoms with Gasteiger partial charge in [0, 0.05) is 10.6 Å². The van der Waals surface area contributed by atoms with Gasteiger partial charge in [0.2, 0.25) is 0 Å². The molecule has 9 heteroatoms. The normalized spacial score (nSPS) is 13.0. The van der Waals surface area contributed by atoms with Crippen molar-refractivity contribution >= 4 is 5.70 Å². The highest BCUT2D eigenvalue weighted by atomic mass is 19.4. The predicted molar refractivity (Wildman–Crippen MR) is 59.2 cm³/mol. The Morgan fingerprint density at radius 1 is 1.20 bits per heavy atom. The molecule has 0 aromatic heterocycles. The Morgan fingerprint density at radius 3 is 2.35 bits per heavy atom. The van der Waals surface area contributed by atoms with Gasteiger partial charge in [-0.1, -0.05) is 23.3 Å². The third-order valence-electron chi connectivity index (χ3n) is 2.16. The summed E-state index contributed by atoms with van der Waals surface area (Å²) in [5, 5.41) is 2.99. The first-order valence-electron chi connectivity index (χ1n) is 5.13. The number of alkyl halides is 6. The SMILES string of the molecule is [N-]=[N+]=NC(=CCC(F)(F)F)c1cccc(C(F)(F)F)c1. The van der Waals surface area contributed by atoms with Crippen LogP contribution in [0.1, 0.15) is 17.5 Å². The zero-order chi connectivity index (χ0) is 15.4. The highest BCUT2D eigenvalue weighted by Gasteiger charge is 2.30. The van der Waals surface area contributed by atoms with Gasteiger partial charge in [-0.05, 0) is 23.2 Å². The number of benzene rings is 1. The minimum atomic E-state index is -4.64. The Morgan fingerprint density at radius 2 is 1.85 bits per heavy atom. The second-order valence-electron chi connectivity index (χ2n) is 3.68. The number of nitrogens with zero attached hydrogens (tertiary/aromatic N) is 3. The lowest BCUT2D eigenvalue weighted by atomic mass is 10.1. The summed E-state index contributed by atoms with van der Waals surface area (Å²) in [6.45, 7) is 0. The number of hydrogen-bond donors (Lipinski definition) is 0. The Bertz CT molecular complexity index is 552. The monoisotopic (exact) mass is 295 g/mol. The van der Waals surface area contributed by atoms with Crippen LogP contribution in [0.5, 0.6) is 0 Å². The van der Waals surface area contributed by atoms with E-state index in [4.69, 9.17) is 5.53 Å². The summed E-state index contributed by atoms with van der Waals surface area (Å²) in [5.41, 5.74) is 6.49. The van der Waals surface area contributed by atoms with E-state index in [1.54, 1.807) is 0 Å². The highest BCUT2D eigenvalue weighted by Crippen LogP contribution is 2.32. The van der Waals surface area contributed by atoms with Crippen molar-refractivity contribution in [3.63, 3.8) is 0 Å². The molecule has 3 nitrogen and oxygen atoms in total. The highest BCUT2D eigenvalue weighted by molar-refractivity contribution is 5.65. The molecule has 0 aliphatic carbocycles. The maximum Gasteiger partial charge on any atom is 0.416 e. The van der Waals surface area contributed by atoms with Gasteiger partial charge in [-0.15, -0.1) is 0 Å². The molecule has 0 unspecified atom stereocenters. The molecule has 0 saturated heterocycles.